The molecule has 0 saturated heterocycles. The number of nitrogens with one attached hydrogen (secondary N) is 8. The standard InChI is InChI=1S/C65H84Cl2N13O15PS/c1-34(2)53(76-57(84)43(73-38(6)82)12-9-10-18-69-37(5)81)58(85)75-44(13-11-19-70-61(68)88)56(83)74-42-16-14-39(15-17-42)30-93-62(89)77(7)20-21-78(8)63(97)94-47-22-45-51(49-35(3)26-71-54(47)49)40(24-66)28-79(45)59(86)64-31-65(32-64,33-64)60(87)80-29-41(25-67)52-46(80)23-48(95-96(90,91)92)55-50(52)36(4)27-72-55/h14-17,22-23,26-27,34,40-41,43-44,53,71-72H,9-13,18-21,24-25,28-33H2,1-8H3,(H,69,81)(H,73,82)(H,74,83)(H,75,85)(H,76,84)(H3,68,70,88)(H2,90,91,92)/t40-,41-,43+,44+,53+,64?,65?/m1/s1. The molecule has 5 aromatic rings. The van der Waals surface area contributed by atoms with Gasteiger partial charge in [-0.2, -0.15) is 0 Å². The Balaban J connectivity index is 0.781. The number of ether oxygens (including phenoxy) is 2. The molecule has 97 heavy (non-hydrogen) atoms. The number of carbonyl (C=O) groups is 9. The van der Waals surface area contributed by atoms with Gasteiger partial charge in [-0.15, -0.1) is 23.2 Å². The summed E-state index contributed by atoms with van der Waals surface area (Å²) in [5, 5.41) is 17.7. The van der Waals surface area contributed by atoms with Crippen LogP contribution in [0.25, 0.3) is 21.8 Å². The molecule has 3 aromatic carbocycles. The molecule has 0 radical (unpaired) electrons. The Labute approximate surface area is 576 Å². The molecular weight excluding hydrogens is 1340 g/mol. The summed E-state index contributed by atoms with van der Waals surface area (Å²) in [5.74, 6) is -3.07. The van der Waals surface area contributed by atoms with Crippen LogP contribution in [0, 0.1) is 30.6 Å². The van der Waals surface area contributed by atoms with Gasteiger partial charge >= 0.3 is 19.9 Å². The fourth-order valence-electron chi connectivity index (χ4n) is 13.7. The topological polar surface area (TPSA) is 382 Å². The number of hydrogen-bond donors (Lipinski definition) is 11. The lowest BCUT2D eigenvalue weighted by Crippen LogP contribution is -2.73. The van der Waals surface area contributed by atoms with E-state index in [1.807, 2.05) is 20.0 Å². The van der Waals surface area contributed by atoms with Crippen LogP contribution in [-0.4, -0.2) is 171 Å². The largest absolute Gasteiger partial charge is 0.524 e. The number of carbonyl (C=O) groups excluding carboxylic acids is 9. The number of aryl methyl sites for hydroxylation is 2. The summed E-state index contributed by atoms with van der Waals surface area (Å²) < 4.78 is 29.3. The van der Waals surface area contributed by atoms with Crippen LogP contribution in [0.3, 0.4) is 0 Å². The molecule has 524 valence electrons. The number of thiocarbonyl (C=S) groups is 1. The molecule has 10 amide bonds. The number of phosphoric ester groups is 1. The van der Waals surface area contributed by atoms with E-state index in [4.69, 9.17) is 55.2 Å². The second kappa shape index (κ2) is 30.3. The number of amides is 10. The zero-order valence-corrected chi connectivity index (χ0v) is 58.5. The minimum absolute atomic E-state index is 0.0674. The molecule has 3 fully saturated rings. The Hall–Kier alpha value is -8.21. The Morgan fingerprint density at radius 3 is 1.77 bits per heavy atom. The number of phosphoric acid groups is 1. The van der Waals surface area contributed by atoms with Crippen LogP contribution in [0.2, 0.25) is 0 Å². The van der Waals surface area contributed by atoms with Crippen molar-refractivity contribution in [2.75, 3.05) is 80.2 Å². The summed E-state index contributed by atoms with van der Waals surface area (Å²) in [4.78, 5) is 151. The maximum absolute atomic E-state index is 15.0. The lowest BCUT2D eigenvalue weighted by atomic mass is 9.34. The molecule has 10 rings (SSSR count). The minimum Gasteiger partial charge on any atom is -0.445 e. The Kier molecular flexibility index (Phi) is 22.8. The first-order valence-corrected chi connectivity index (χ1v) is 35.1. The van der Waals surface area contributed by atoms with Crippen molar-refractivity contribution in [1.82, 2.24) is 46.4 Å². The number of H-pyrrole nitrogens is 2. The van der Waals surface area contributed by atoms with Crippen molar-refractivity contribution >= 4 is 141 Å². The van der Waals surface area contributed by atoms with Crippen molar-refractivity contribution in [2.24, 2.45) is 22.5 Å². The van der Waals surface area contributed by atoms with E-state index in [9.17, 15) is 57.5 Å². The lowest BCUT2D eigenvalue weighted by molar-refractivity contribution is -0.205. The number of nitrogens with two attached hydrogens (primary N) is 1. The molecule has 0 unspecified atom stereocenters. The first-order valence-electron chi connectivity index (χ1n) is 32.0. The summed E-state index contributed by atoms with van der Waals surface area (Å²) in [6, 6.07) is 5.78. The maximum Gasteiger partial charge on any atom is 0.524 e. The number of primary amides is 1. The average molecular weight is 1420 g/mol. The third-order valence-corrected chi connectivity index (χ3v) is 20.1. The molecule has 12 N–H and O–H groups in total. The van der Waals surface area contributed by atoms with Crippen molar-refractivity contribution in [3.05, 3.63) is 76.6 Å². The van der Waals surface area contributed by atoms with Crippen molar-refractivity contribution in [2.45, 2.75) is 129 Å². The van der Waals surface area contributed by atoms with Gasteiger partial charge in [-0.05, 0) is 123 Å². The van der Waals surface area contributed by atoms with Gasteiger partial charge in [-0.3, -0.25) is 43.3 Å². The van der Waals surface area contributed by atoms with Crippen LogP contribution in [0.15, 0.2) is 48.8 Å². The van der Waals surface area contributed by atoms with E-state index in [0.29, 0.717) is 90.0 Å². The summed E-state index contributed by atoms with van der Waals surface area (Å²) in [6.07, 6.45) is 5.43. The lowest BCUT2D eigenvalue weighted by Gasteiger charge is -2.69. The smallest absolute Gasteiger partial charge is 0.445 e. The number of aromatic amines is 2. The van der Waals surface area contributed by atoms with E-state index in [1.165, 1.54) is 24.8 Å². The van der Waals surface area contributed by atoms with E-state index in [-0.39, 0.29) is 104 Å². The van der Waals surface area contributed by atoms with E-state index in [1.54, 1.807) is 79.2 Å². The number of aromatic nitrogens is 2. The van der Waals surface area contributed by atoms with Gasteiger partial charge < -0.3 is 81.2 Å². The molecule has 4 heterocycles. The number of rotatable bonds is 29. The second-order valence-electron chi connectivity index (χ2n) is 26.2. The van der Waals surface area contributed by atoms with E-state index in [0.717, 1.165) is 27.6 Å². The van der Waals surface area contributed by atoms with Gasteiger partial charge in [0.25, 0.3) is 5.17 Å². The van der Waals surface area contributed by atoms with Crippen LogP contribution in [0.4, 0.5) is 26.7 Å². The predicted octanol–water partition coefficient (Wildman–Crippen LogP) is 6.63. The molecule has 5 atom stereocenters. The number of halogens is 2. The number of alkyl halides is 2. The first-order chi connectivity index (χ1) is 45.9. The quantitative estimate of drug-likeness (QED) is 0.0103. The third kappa shape index (κ3) is 16.2. The van der Waals surface area contributed by atoms with Crippen LogP contribution < -0.4 is 56.7 Å². The molecule has 5 aliphatic rings. The van der Waals surface area contributed by atoms with E-state index >= 15 is 0 Å². The number of anilines is 3. The monoisotopic (exact) mass is 1420 g/mol. The zero-order chi connectivity index (χ0) is 70.6. The second-order valence-corrected chi connectivity index (χ2v) is 28.3. The van der Waals surface area contributed by atoms with Gasteiger partial charge in [0.1, 0.15) is 24.7 Å². The highest BCUT2D eigenvalue weighted by molar-refractivity contribution is 7.80. The summed E-state index contributed by atoms with van der Waals surface area (Å²) in [6.45, 7) is 11.2. The number of fused-ring (bicyclic) bond motifs is 6. The third-order valence-electron chi connectivity index (χ3n) is 18.5. The zero-order valence-electron chi connectivity index (χ0n) is 55.3. The molecule has 2 aliphatic heterocycles. The number of nitrogens with zero attached hydrogens (tertiary/aromatic N) is 4. The summed E-state index contributed by atoms with van der Waals surface area (Å²) in [7, 11) is -1.70. The molecule has 2 bridgehead atoms. The highest BCUT2D eigenvalue weighted by atomic mass is 35.5. The van der Waals surface area contributed by atoms with Crippen molar-refractivity contribution < 1.29 is 71.5 Å². The Morgan fingerprint density at radius 2 is 1.25 bits per heavy atom. The van der Waals surface area contributed by atoms with Gasteiger partial charge in [0.2, 0.25) is 41.4 Å². The fraction of sp³-hybridized carbons (Fsp3) is 0.508. The number of unbranched alkanes of at least 4 members (excludes halogenated alkanes) is 1. The molecule has 3 aliphatic carbocycles. The van der Waals surface area contributed by atoms with E-state index < -0.39 is 78.4 Å². The summed E-state index contributed by atoms with van der Waals surface area (Å²) in [5.41, 5.74) is 10.1. The predicted molar refractivity (Wildman–Crippen MR) is 368 cm³/mol. The minimum atomic E-state index is -4.99. The number of hydrogen-bond acceptors (Lipinski definition) is 14. The van der Waals surface area contributed by atoms with Crippen molar-refractivity contribution in [1.29, 1.82) is 0 Å². The number of benzene rings is 3. The average Bonchev–Trinajstić information content (AvgIpc) is 1.42. The van der Waals surface area contributed by atoms with Crippen LogP contribution in [0.5, 0.6) is 11.5 Å². The van der Waals surface area contributed by atoms with Gasteiger partial charge in [0, 0.05) is 132 Å². The number of urea groups is 1. The SMILES string of the molecule is CC(=O)NCCCC[C@H](NC(C)=O)C(=O)N[C@H](C(=O)N[C@@H](CCCNC(N)=O)C(=O)Nc1ccc(COC(=O)N(C)CCN(C)C(=S)Oc2cc3c(c4c(C)c[nH]c24)[C@H](CCl)CN3C(=O)C23CC(C(=O)N4C[C@@H](CCl)c5c4cc(OP(=O)(O)O)c4[nH]cc(C)c54)(C2)C3)cc1)C(C)C. The molecule has 3 saturated carbocycles. The highest BCUT2D eigenvalue weighted by Crippen LogP contribution is 2.75. The van der Waals surface area contributed by atoms with Crippen LogP contribution in [-0.2, 0) is 49.5 Å². The molecular formula is C65H84Cl2N13O15PS. The van der Waals surface area contributed by atoms with Gasteiger partial charge in [0.15, 0.2) is 11.5 Å². The van der Waals surface area contributed by atoms with E-state index in [2.05, 4.69) is 41.9 Å². The highest BCUT2D eigenvalue weighted by Gasteiger charge is 2.76. The normalized spacial score (nSPS) is 19.1. The Morgan fingerprint density at radius 1 is 0.722 bits per heavy atom. The molecule has 32 heteroatoms. The molecule has 0 spiro atoms. The van der Waals surface area contributed by atoms with Gasteiger partial charge in [-0.25, -0.2) is 14.2 Å². The van der Waals surface area contributed by atoms with Crippen LogP contribution in [0.1, 0.15) is 119 Å². The fourth-order valence-corrected chi connectivity index (χ4v) is 14.8. The Bertz CT molecular complexity index is 3940. The van der Waals surface area contributed by atoms with Crippen molar-refractivity contribution in [3.63, 3.8) is 0 Å². The maximum atomic E-state index is 15.0. The van der Waals surface area contributed by atoms with Gasteiger partial charge in [-0.1, -0.05) is 26.0 Å². The van der Waals surface area contributed by atoms with Crippen LogP contribution >= 0.6 is 43.2 Å². The number of likely N-dealkylation sites (N-methyl/N-ethyl adjacent to an activating group) is 2. The first kappa shape index (κ1) is 73.0. The molecule has 28 nitrogen and oxygen atoms in total. The van der Waals surface area contributed by atoms with Crippen molar-refractivity contribution in [3.8, 4) is 11.5 Å². The van der Waals surface area contributed by atoms with Gasteiger partial charge in [0.05, 0.1) is 33.2 Å². The summed E-state index contributed by atoms with van der Waals surface area (Å²) >= 11 is 19.1. The molecule has 2 aromatic heterocycles.